The van der Waals surface area contributed by atoms with E-state index in [0.29, 0.717) is 12.2 Å². The quantitative estimate of drug-likeness (QED) is 0.767. The summed E-state index contributed by atoms with van der Waals surface area (Å²) in [6, 6.07) is 5.70. The molecule has 2 unspecified atom stereocenters. The van der Waals surface area contributed by atoms with Gasteiger partial charge in [0, 0.05) is 12.0 Å². The molecule has 0 fully saturated rings. The van der Waals surface area contributed by atoms with Gasteiger partial charge in [0.2, 0.25) is 0 Å². The minimum absolute atomic E-state index is 0.0266. The van der Waals surface area contributed by atoms with Crippen LogP contribution in [0.25, 0.3) is 0 Å². The minimum atomic E-state index is -0.767. The third-order valence-corrected chi connectivity index (χ3v) is 2.73. The van der Waals surface area contributed by atoms with Crippen LogP contribution in [0.3, 0.4) is 0 Å². The maximum Gasteiger partial charge on any atom is 0.311 e. The molecule has 0 radical (unpaired) electrons. The van der Waals surface area contributed by atoms with Gasteiger partial charge in [-0.25, -0.2) is 0 Å². The van der Waals surface area contributed by atoms with Gasteiger partial charge < -0.3 is 9.84 Å². The summed E-state index contributed by atoms with van der Waals surface area (Å²) >= 11 is 0. The summed E-state index contributed by atoms with van der Waals surface area (Å²) in [5.41, 5.74) is 1.87. The fourth-order valence-electron chi connectivity index (χ4n) is 2.01. The molecule has 0 saturated carbocycles. The van der Waals surface area contributed by atoms with E-state index in [4.69, 9.17) is 9.84 Å². The first-order valence-electron chi connectivity index (χ1n) is 5.08. The second-order valence-corrected chi connectivity index (χ2v) is 4.10. The zero-order valence-electron chi connectivity index (χ0n) is 8.86. The Balaban J connectivity index is 2.47. The van der Waals surface area contributed by atoms with E-state index in [0.717, 1.165) is 11.1 Å². The summed E-state index contributed by atoms with van der Waals surface area (Å²) in [4.78, 5) is 11.1. The molecule has 0 amide bonds. The third kappa shape index (κ3) is 1.82. The fraction of sp³-hybridized carbons (Fsp3) is 0.417. The van der Waals surface area contributed by atoms with Crippen LogP contribution in [0.5, 0.6) is 5.75 Å². The summed E-state index contributed by atoms with van der Waals surface area (Å²) in [5.74, 6) is -0.479. The van der Waals surface area contributed by atoms with Gasteiger partial charge in [-0.15, -0.1) is 0 Å². The van der Waals surface area contributed by atoms with Crippen molar-refractivity contribution >= 4 is 5.97 Å². The normalized spacial score (nSPS) is 24.1. The highest BCUT2D eigenvalue weighted by molar-refractivity contribution is 5.77. The molecule has 15 heavy (non-hydrogen) atoms. The Morgan fingerprint density at radius 1 is 1.53 bits per heavy atom. The van der Waals surface area contributed by atoms with Gasteiger partial charge in [0.1, 0.15) is 5.75 Å². The molecule has 80 valence electrons. The number of ether oxygens (including phenoxy) is 1. The van der Waals surface area contributed by atoms with E-state index in [9.17, 15) is 4.79 Å². The van der Waals surface area contributed by atoms with Crippen LogP contribution in [0.2, 0.25) is 0 Å². The SMILES string of the molecule is Cc1ccc2c(c1)C(C(=O)O)CC(C)O2. The molecule has 1 aromatic rings. The predicted octanol–water partition coefficient (Wildman–Crippen LogP) is 2.33. The molecule has 1 N–H and O–H groups in total. The first-order valence-corrected chi connectivity index (χ1v) is 5.08. The Morgan fingerprint density at radius 3 is 2.93 bits per heavy atom. The lowest BCUT2D eigenvalue weighted by Crippen LogP contribution is -2.27. The Kier molecular flexibility index (Phi) is 2.39. The maximum atomic E-state index is 11.1. The van der Waals surface area contributed by atoms with E-state index in [1.54, 1.807) is 0 Å². The molecular weight excluding hydrogens is 192 g/mol. The van der Waals surface area contributed by atoms with Gasteiger partial charge in [0.15, 0.2) is 0 Å². The van der Waals surface area contributed by atoms with Gasteiger partial charge in [0.05, 0.1) is 12.0 Å². The van der Waals surface area contributed by atoms with Crippen molar-refractivity contribution in [2.45, 2.75) is 32.3 Å². The molecule has 1 aromatic carbocycles. The third-order valence-electron chi connectivity index (χ3n) is 2.73. The molecule has 0 saturated heterocycles. The smallest absolute Gasteiger partial charge is 0.311 e. The number of hydrogen-bond donors (Lipinski definition) is 1. The number of hydrogen-bond acceptors (Lipinski definition) is 2. The van der Waals surface area contributed by atoms with Gasteiger partial charge in [0.25, 0.3) is 0 Å². The van der Waals surface area contributed by atoms with Crippen LogP contribution >= 0.6 is 0 Å². The summed E-state index contributed by atoms with van der Waals surface area (Å²) in [5, 5.41) is 9.14. The Morgan fingerprint density at radius 2 is 2.27 bits per heavy atom. The van der Waals surface area contributed by atoms with Gasteiger partial charge in [-0.3, -0.25) is 4.79 Å². The highest BCUT2D eigenvalue weighted by atomic mass is 16.5. The maximum absolute atomic E-state index is 11.1. The average Bonchev–Trinajstić information content (AvgIpc) is 2.17. The molecule has 1 heterocycles. The number of carbonyl (C=O) groups is 1. The van der Waals surface area contributed by atoms with E-state index >= 15 is 0 Å². The second kappa shape index (κ2) is 3.57. The van der Waals surface area contributed by atoms with Crippen LogP contribution in [-0.2, 0) is 4.79 Å². The van der Waals surface area contributed by atoms with Crippen LogP contribution < -0.4 is 4.74 Å². The number of fused-ring (bicyclic) bond motifs is 1. The molecule has 0 bridgehead atoms. The molecule has 0 aromatic heterocycles. The second-order valence-electron chi connectivity index (χ2n) is 4.10. The molecular formula is C12H14O3. The predicted molar refractivity (Wildman–Crippen MR) is 56.3 cm³/mol. The zero-order chi connectivity index (χ0) is 11.0. The number of carboxylic acids is 1. The number of aliphatic carboxylic acids is 1. The molecule has 0 spiro atoms. The van der Waals surface area contributed by atoms with E-state index < -0.39 is 11.9 Å². The molecule has 3 nitrogen and oxygen atoms in total. The average molecular weight is 206 g/mol. The Labute approximate surface area is 88.7 Å². The summed E-state index contributed by atoms with van der Waals surface area (Å²) in [7, 11) is 0. The van der Waals surface area contributed by atoms with Gasteiger partial charge in [-0.1, -0.05) is 17.7 Å². The lowest BCUT2D eigenvalue weighted by Gasteiger charge is -2.28. The van der Waals surface area contributed by atoms with Crippen LogP contribution in [0.1, 0.15) is 30.4 Å². The number of rotatable bonds is 1. The fourth-order valence-corrected chi connectivity index (χ4v) is 2.01. The van der Waals surface area contributed by atoms with Crippen molar-refractivity contribution in [1.82, 2.24) is 0 Å². The van der Waals surface area contributed by atoms with Crippen molar-refractivity contribution in [3.8, 4) is 5.75 Å². The standard InChI is InChI=1S/C12H14O3/c1-7-3-4-11-9(5-7)10(12(13)14)6-8(2)15-11/h3-5,8,10H,6H2,1-2H3,(H,13,14). The van der Waals surface area contributed by atoms with Crippen LogP contribution in [0.4, 0.5) is 0 Å². The molecule has 3 heteroatoms. The highest BCUT2D eigenvalue weighted by Crippen LogP contribution is 2.36. The molecule has 1 aliphatic heterocycles. The summed E-state index contributed by atoms with van der Waals surface area (Å²) < 4.78 is 5.60. The van der Waals surface area contributed by atoms with Crippen molar-refractivity contribution in [2.75, 3.05) is 0 Å². The zero-order valence-corrected chi connectivity index (χ0v) is 8.86. The largest absolute Gasteiger partial charge is 0.490 e. The minimum Gasteiger partial charge on any atom is -0.490 e. The monoisotopic (exact) mass is 206 g/mol. The Hall–Kier alpha value is -1.51. The number of aryl methyl sites for hydroxylation is 1. The van der Waals surface area contributed by atoms with Gasteiger partial charge in [-0.05, 0) is 19.9 Å². The summed E-state index contributed by atoms with van der Waals surface area (Å²) in [6.07, 6.45) is 0.521. The van der Waals surface area contributed by atoms with Crippen molar-refractivity contribution in [3.63, 3.8) is 0 Å². The topological polar surface area (TPSA) is 46.5 Å². The van der Waals surface area contributed by atoms with E-state index in [-0.39, 0.29) is 6.10 Å². The first kappa shape index (κ1) is 10.0. The van der Waals surface area contributed by atoms with Crippen LogP contribution in [0.15, 0.2) is 18.2 Å². The molecule has 2 rings (SSSR count). The van der Waals surface area contributed by atoms with Crippen molar-refractivity contribution in [1.29, 1.82) is 0 Å². The Bertz CT molecular complexity index is 398. The van der Waals surface area contributed by atoms with E-state index in [2.05, 4.69) is 0 Å². The van der Waals surface area contributed by atoms with Crippen LogP contribution in [-0.4, -0.2) is 17.2 Å². The number of benzene rings is 1. The number of carboxylic acid groups (broad SMARTS) is 1. The highest BCUT2D eigenvalue weighted by Gasteiger charge is 2.30. The first-order chi connectivity index (χ1) is 7.08. The molecule has 0 aliphatic carbocycles. The lowest BCUT2D eigenvalue weighted by molar-refractivity contribution is -0.139. The van der Waals surface area contributed by atoms with E-state index in [1.807, 2.05) is 32.0 Å². The summed E-state index contributed by atoms with van der Waals surface area (Å²) in [6.45, 7) is 3.86. The molecule has 2 atom stereocenters. The molecule has 1 aliphatic rings. The van der Waals surface area contributed by atoms with Crippen LogP contribution in [0, 0.1) is 6.92 Å². The van der Waals surface area contributed by atoms with Gasteiger partial charge in [-0.2, -0.15) is 0 Å². The van der Waals surface area contributed by atoms with Crippen molar-refractivity contribution in [2.24, 2.45) is 0 Å². The van der Waals surface area contributed by atoms with E-state index in [1.165, 1.54) is 0 Å². The van der Waals surface area contributed by atoms with Gasteiger partial charge >= 0.3 is 5.97 Å². The van der Waals surface area contributed by atoms with Crippen molar-refractivity contribution in [3.05, 3.63) is 29.3 Å². The van der Waals surface area contributed by atoms with Crippen molar-refractivity contribution < 1.29 is 14.6 Å². The lowest BCUT2D eigenvalue weighted by atomic mass is 9.89.